The molecule has 1 N–H and O–H groups in total. The Morgan fingerprint density at radius 2 is 1.76 bits per heavy atom. The van der Waals surface area contributed by atoms with E-state index < -0.39 is 0 Å². The molecule has 1 aliphatic rings. The number of benzene rings is 1. The van der Waals surface area contributed by atoms with Gasteiger partial charge in [-0.3, -0.25) is 19.4 Å². The van der Waals surface area contributed by atoms with Crippen molar-refractivity contribution in [3.05, 3.63) is 59.9 Å². The summed E-state index contributed by atoms with van der Waals surface area (Å²) in [7, 11) is 0. The quantitative estimate of drug-likeness (QED) is 0.851. The zero-order valence-electron chi connectivity index (χ0n) is 13.6. The molecule has 0 saturated carbocycles. The first-order valence-electron chi connectivity index (χ1n) is 7.98. The summed E-state index contributed by atoms with van der Waals surface area (Å²) in [5, 5.41) is 2.75. The Hall–Kier alpha value is -3.22. The van der Waals surface area contributed by atoms with E-state index in [1.165, 1.54) is 12.3 Å². The second-order valence-corrected chi connectivity index (χ2v) is 5.68. The molecular formula is C18H18N4O3. The molecule has 0 unspecified atom stereocenters. The maximum Gasteiger partial charge on any atom is 0.274 e. The van der Waals surface area contributed by atoms with Gasteiger partial charge in [-0.05, 0) is 24.3 Å². The van der Waals surface area contributed by atoms with Crippen molar-refractivity contribution in [3.8, 4) is 0 Å². The van der Waals surface area contributed by atoms with E-state index in [1.807, 2.05) is 18.2 Å². The van der Waals surface area contributed by atoms with E-state index in [4.69, 9.17) is 0 Å². The van der Waals surface area contributed by atoms with Crippen molar-refractivity contribution in [1.29, 1.82) is 0 Å². The predicted octanol–water partition coefficient (Wildman–Crippen LogP) is 1.25. The van der Waals surface area contributed by atoms with E-state index in [-0.39, 0.29) is 17.5 Å². The maximum atomic E-state index is 12.6. The number of aromatic nitrogens is 1. The van der Waals surface area contributed by atoms with Gasteiger partial charge < -0.3 is 15.1 Å². The molecule has 7 nitrogen and oxygen atoms in total. The van der Waals surface area contributed by atoms with Gasteiger partial charge in [-0.1, -0.05) is 18.2 Å². The molecule has 1 fully saturated rings. The van der Waals surface area contributed by atoms with Crippen LogP contribution in [0.15, 0.2) is 48.7 Å². The van der Waals surface area contributed by atoms with Crippen LogP contribution in [-0.4, -0.2) is 59.2 Å². The van der Waals surface area contributed by atoms with Gasteiger partial charge in [-0.25, -0.2) is 0 Å². The lowest BCUT2D eigenvalue weighted by molar-refractivity contribution is -0.119. The number of para-hydroxylation sites is 1. The zero-order valence-corrected chi connectivity index (χ0v) is 13.6. The number of piperazine rings is 1. The first-order valence-corrected chi connectivity index (χ1v) is 7.98. The summed E-state index contributed by atoms with van der Waals surface area (Å²) in [4.78, 5) is 43.0. The molecular weight excluding hydrogens is 320 g/mol. The molecule has 128 valence electrons. The van der Waals surface area contributed by atoms with Crippen LogP contribution in [0.3, 0.4) is 0 Å². The van der Waals surface area contributed by atoms with E-state index in [1.54, 1.807) is 28.0 Å². The second-order valence-electron chi connectivity index (χ2n) is 5.68. The largest absolute Gasteiger partial charge is 0.342 e. The lowest BCUT2D eigenvalue weighted by atomic mass is 10.1. The molecule has 7 heteroatoms. The summed E-state index contributed by atoms with van der Waals surface area (Å²) in [6, 6.07) is 12.1. The normalized spacial score (nSPS) is 14.1. The Morgan fingerprint density at radius 3 is 2.44 bits per heavy atom. The van der Waals surface area contributed by atoms with Crippen molar-refractivity contribution in [2.45, 2.75) is 0 Å². The van der Waals surface area contributed by atoms with Crippen LogP contribution in [0.4, 0.5) is 5.69 Å². The minimum Gasteiger partial charge on any atom is -0.342 e. The zero-order chi connectivity index (χ0) is 17.6. The molecule has 0 bridgehead atoms. The molecule has 1 aromatic carbocycles. The number of carbonyl (C=O) groups excluding carboxylic acids is 3. The molecule has 0 spiro atoms. The van der Waals surface area contributed by atoms with Crippen LogP contribution in [0.1, 0.15) is 20.8 Å². The van der Waals surface area contributed by atoms with E-state index >= 15 is 0 Å². The summed E-state index contributed by atoms with van der Waals surface area (Å²) in [6.45, 7) is 1.99. The van der Waals surface area contributed by atoms with Gasteiger partial charge in [-0.2, -0.15) is 0 Å². The molecule has 1 aliphatic heterocycles. The molecule has 0 radical (unpaired) electrons. The van der Waals surface area contributed by atoms with Crippen LogP contribution in [-0.2, 0) is 4.79 Å². The van der Waals surface area contributed by atoms with E-state index in [2.05, 4.69) is 10.3 Å². The molecule has 25 heavy (non-hydrogen) atoms. The second kappa shape index (κ2) is 7.57. The van der Waals surface area contributed by atoms with Crippen molar-refractivity contribution in [2.24, 2.45) is 0 Å². The highest BCUT2D eigenvalue weighted by molar-refractivity contribution is 6.04. The van der Waals surface area contributed by atoms with Gasteiger partial charge in [-0.15, -0.1) is 0 Å². The summed E-state index contributed by atoms with van der Waals surface area (Å²) >= 11 is 0. The maximum absolute atomic E-state index is 12.6. The van der Waals surface area contributed by atoms with Crippen LogP contribution >= 0.6 is 0 Å². The number of hydrogen-bond donors (Lipinski definition) is 1. The monoisotopic (exact) mass is 338 g/mol. The molecule has 2 heterocycles. The molecule has 1 saturated heterocycles. The number of pyridine rings is 1. The average molecular weight is 338 g/mol. The number of nitrogens with one attached hydrogen (secondary N) is 1. The number of anilines is 1. The number of carbonyl (C=O) groups is 3. The minimum atomic E-state index is -0.369. The molecule has 0 aliphatic carbocycles. The standard InChI is InChI=1S/C18H18N4O3/c23-13-21-8-10-22(11-9-21)18(25)14-6-7-19-16(12-14)17(24)20-15-4-2-1-3-5-15/h1-7,12-13H,8-11H2,(H,20,24). The Balaban J connectivity index is 1.69. The number of nitrogens with zero attached hydrogens (tertiary/aromatic N) is 3. The van der Waals surface area contributed by atoms with Crippen LogP contribution in [0.2, 0.25) is 0 Å². The third kappa shape index (κ3) is 4.00. The van der Waals surface area contributed by atoms with E-state index in [9.17, 15) is 14.4 Å². The number of hydrogen-bond acceptors (Lipinski definition) is 4. The highest BCUT2D eigenvalue weighted by Gasteiger charge is 2.22. The molecule has 3 rings (SSSR count). The molecule has 2 aromatic rings. The molecule has 3 amide bonds. The van der Waals surface area contributed by atoms with Gasteiger partial charge >= 0.3 is 0 Å². The lowest BCUT2D eigenvalue weighted by Crippen LogP contribution is -2.48. The van der Waals surface area contributed by atoms with Crippen molar-refractivity contribution in [1.82, 2.24) is 14.8 Å². The van der Waals surface area contributed by atoms with Crippen molar-refractivity contribution >= 4 is 23.9 Å². The average Bonchev–Trinajstić information content (AvgIpc) is 2.68. The molecule has 1 aromatic heterocycles. The first-order chi connectivity index (χ1) is 12.2. The summed E-state index contributed by atoms with van der Waals surface area (Å²) in [5.74, 6) is -0.534. The Bertz CT molecular complexity index is 771. The van der Waals surface area contributed by atoms with Gasteiger partial charge in [0.1, 0.15) is 5.69 Å². The summed E-state index contributed by atoms with van der Waals surface area (Å²) < 4.78 is 0. The first kappa shape index (κ1) is 16.6. The Kier molecular flexibility index (Phi) is 5.03. The van der Waals surface area contributed by atoms with Gasteiger partial charge in [0.25, 0.3) is 11.8 Å². The smallest absolute Gasteiger partial charge is 0.274 e. The van der Waals surface area contributed by atoms with Gasteiger partial charge in [0.05, 0.1) is 0 Å². The fourth-order valence-corrected chi connectivity index (χ4v) is 2.62. The minimum absolute atomic E-state index is 0.165. The highest BCUT2D eigenvalue weighted by atomic mass is 16.2. The molecule has 0 atom stereocenters. The fourth-order valence-electron chi connectivity index (χ4n) is 2.62. The lowest BCUT2D eigenvalue weighted by Gasteiger charge is -2.32. The van der Waals surface area contributed by atoms with Crippen LogP contribution in [0, 0.1) is 0 Å². The van der Waals surface area contributed by atoms with Gasteiger partial charge in [0.15, 0.2) is 0 Å². The van der Waals surface area contributed by atoms with Gasteiger partial charge in [0.2, 0.25) is 6.41 Å². The number of rotatable bonds is 4. The van der Waals surface area contributed by atoms with Crippen LogP contribution in [0.5, 0.6) is 0 Å². The van der Waals surface area contributed by atoms with Crippen molar-refractivity contribution in [2.75, 3.05) is 31.5 Å². The van der Waals surface area contributed by atoms with Crippen molar-refractivity contribution in [3.63, 3.8) is 0 Å². The summed E-state index contributed by atoms with van der Waals surface area (Å²) in [5.41, 5.74) is 1.25. The topological polar surface area (TPSA) is 82.6 Å². The van der Waals surface area contributed by atoms with E-state index in [0.717, 1.165) is 6.41 Å². The Morgan fingerprint density at radius 1 is 1.04 bits per heavy atom. The van der Waals surface area contributed by atoms with E-state index in [0.29, 0.717) is 37.4 Å². The summed E-state index contributed by atoms with van der Waals surface area (Å²) in [6.07, 6.45) is 2.25. The van der Waals surface area contributed by atoms with Crippen LogP contribution in [0.25, 0.3) is 0 Å². The third-order valence-corrected chi connectivity index (χ3v) is 4.02. The third-order valence-electron chi connectivity index (χ3n) is 4.02. The fraction of sp³-hybridized carbons (Fsp3) is 0.222. The van der Waals surface area contributed by atoms with Crippen LogP contribution < -0.4 is 5.32 Å². The Labute approximate surface area is 145 Å². The predicted molar refractivity (Wildman–Crippen MR) is 92.2 cm³/mol. The number of amides is 3. The highest BCUT2D eigenvalue weighted by Crippen LogP contribution is 2.11. The SMILES string of the molecule is O=CN1CCN(C(=O)c2ccnc(C(=O)Nc3ccccc3)c2)CC1. The van der Waals surface area contributed by atoms with Gasteiger partial charge in [0, 0.05) is 43.6 Å². The van der Waals surface area contributed by atoms with Crippen molar-refractivity contribution < 1.29 is 14.4 Å².